The van der Waals surface area contributed by atoms with Gasteiger partial charge in [-0.2, -0.15) is 0 Å². The molecule has 0 spiro atoms. The zero-order chi connectivity index (χ0) is 35.5. The van der Waals surface area contributed by atoms with Gasteiger partial charge in [0.2, 0.25) is 18.3 Å². The van der Waals surface area contributed by atoms with Crippen LogP contribution in [-0.4, -0.2) is 99.1 Å². The maximum atomic E-state index is 13.3. The van der Waals surface area contributed by atoms with E-state index in [1.54, 1.807) is 0 Å². The first-order valence-electron chi connectivity index (χ1n) is 14.3. The highest BCUT2D eigenvalue weighted by molar-refractivity contribution is 5.92. The number of anilines is 1. The highest BCUT2D eigenvalue weighted by Gasteiger charge is 2.57. The molecule has 1 aliphatic heterocycles. The minimum absolute atomic E-state index is 0.0107. The Bertz CT molecular complexity index is 1320. The molecule has 0 unspecified atom stereocenters. The molecular weight excluding hydrogens is 640 g/mol. The number of hydrogen-bond acceptors (Lipinski definition) is 16. The molecule has 17 heteroatoms. The molecular formula is C31H38N2O15. The zero-order valence-electron chi connectivity index (χ0n) is 25.9. The Balaban J connectivity index is 2.72. The average molecular weight is 679 g/mol. The number of hydrogen-bond donors (Lipinski definition) is 3. The van der Waals surface area contributed by atoms with Crippen LogP contribution in [0.2, 0.25) is 0 Å². The Morgan fingerprint density at radius 3 is 1.83 bits per heavy atom. The van der Waals surface area contributed by atoms with Crippen molar-refractivity contribution >= 4 is 36.0 Å². The first kappa shape index (κ1) is 38.8. The summed E-state index contributed by atoms with van der Waals surface area (Å²) in [5.41, 5.74) is 5.86. The van der Waals surface area contributed by atoms with Crippen LogP contribution in [0.25, 0.3) is 0 Å². The number of amides is 1. The summed E-state index contributed by atoms with van der Waals surface area (Å²) in [6.07, 6.45) is -8.78. The van der Waals surface area contributed by atoms with E-state index in [4.69, 9.17) is 48.4 Å². The Kier molecular flexibility index (Phi) is 16.7. The van der Waals surface area contributed by atoms with Crippen molar-refractivity contribution in [2.24, 2.45) is 5.73 Å². The Hall–Kier alpha value is -5.39. The molecule has 1 aliphatic rings. The van der Waals surface area contributed by atoms with Gasteiger partial charge in [-0.25, -0.2) is 19.2 Å². The number of nitrogens with two attached hydrogens (primary N) is 1. The molecule has 1 saturated heterocycles. The third-order valence-corrected chi connectivity index (χ3v) is 5.84. The maximum Gasteiger partial charge on any atom is 0.509 e. The first-order chi connectivity index (χ1) is 23.1. The van der Waals surface area contributed by atoms with Gasteiger partial charge in [0.1, 0.15) is 32.2 Å². The van der Waals surface area contributed by atoms with Gasteiger partial charge >= 0.3 is 24.4 Å². The summed E-state index contributed by atoms with van der Waals surface area (Å²) < 4.78 is 47.9. The van der Waals surface area contributed by atoms with Gasteiger partial charge < -0.3 is 58.8 Å². The molecule has 0 aliphatic carbocycles. The molecule has 2 rings (SSSR count). The van der Waals surface area contributed by atoms with E-state index in [9.17, 15) is 29.1 Å². The van der Waals surface area contributed by atoms with Gasteiger partial charge in [0, 0.05) is 13.0 Å². The Morgan fingerprint density at radius 2 is 1.31 bits per heavy atom. The first-order valence-corrected chi connectivity index (χ1v) is 14.3. The Labute approximate surface area is 275 Å². The van der Waals surface area contributed by atoms with Crippen molar-refractivity contribution in [2.75, 3.05) is 38.3 Å². The van der Waals surface area contributed by atoms with E-state index in [1.807, 2.05) is 0 Å². The number of ether oxygens (including phenoxy) is 9. The summed E-state index contributed by atoms with van der Waals surface area (Å²) >= 11 is 0. The molecule has 1 aromatic carbocycles. The van der Waals surface area contributed by atoms with Crippen LogP contribution in [0.1, 0.15) is 12.0 Å². The smallest absolute Gasteiger partial charge is 0.459 e. The largest absolute Gasteiger partial charge is 0.509 e. The van der Waals surface area contributed by atoms with E-state index in [0.29, 0.717) is 5.56 Å². The number of aliphatic hydroxyl groups excluding tert-OH is 1. The van der Waals surface area contributed by atoms with Crippen molar-refractivity contribution in [3.8, 4) is 5.75 Å². The van der Waals surface area contributed by atoms with Gasteiger partial charge in [-0.15, -0.1) is 0 Å². The summed E-state index contributed by atoms with van der Waals surface area (Å²) in [4.78, 5) is 63.8. The number of esters is 1. The molecule has 0 saturated carbocycles. The third kappa shape index (κ3) is 12.1. The second-order valence-corrected chi connectivity index (χ2v) is 9.33. The van der Waals surface area contributed by atoms with Crippen LogP contribution >= 0.6 is 0 Å². The van der Waals surface area contributed by atoms with Crippen molar-refractivity contribution < 1.29 is 71.7 Å². The molecule has 262 valence electrons. The van der Waals surface area contributed by atoms with Crippen LogP contribution in [0, 0.1) is 0 Å². The molecule has 1 fully saturated rings. The van der Waals surface area contributed by atoms with Gasteiger partial charge in [0.15, 0.2) is 18.3 Å². The summed E-state index contributed by atoms with van der Waals surface area (Å²) in [6, 6.07) is 4.14. The van der Waals surface area contributed by atoms with Gasteiger partial charge in [-0.1, -0.05) is 56.7 Å². The highest BCUT2D eigenvalue weighted by Crippen LogP contribution is 2.35. The van der Waals surface area contributed by atoms with E-state index in [1.165, 1.54) is 42.5 Å². The van der Waals surface area contributed by atoms with E-state index in [0.717, 1.165) is 0 Å². The summed E-state index contributed by atoms with van der Waals surface area (Å²) in [5.74, 6) is -1.81. The number of rotatable bonds is 18. The lowest BCUT2D eigenvalue weighted by atomic mass is 9.98. The molecule has 5 atom stereocenters. The molecule has 1 heterocycles. The lowest BCUT2D eigenvalue weighted by Gasteiger charge is -2.42. The summed E-state index contributed by atoms with van der Waals surface area (Å²) in [6.45, 7) is 12.1. The molecule has 0 aromatic heterocycles. The molecule has 1 aromatic rings. The summed E-state index contributed by atoms with van der Waals surface area (Å²) in [7, 11) is 0. The number of carbonyl (C=O) groups is 5. The van der Waals surface area contributed by atoms with Gasteiger partial charge in [-0.05, 0) is 17.7 Å². The molecule has 0 radical (unpaired) electrons. The van der Waals surface area contributed by atoms with Gasteiger partial charge in [-0.3, -0.25) is 4.79 Å². The Morgan fingerprint density at radius 1 is 0.792 bits per heavy atom. The van der Waals surface area contributed by atoms with Crippen LogP contribution < -0.4 is 15.8 Å². The third-order valence-electron chi connectivity index (χ3n) is 5.84. The number of aliphatic hydroxyl groups is 1. The highest BCUT2D eigenvalue weighted by atomic mass is 16.8. The van der Waals surface area contributed by atoms with Gasteiger partial charge in [0.05, 0.1) is 12.3 Å². The fraction of sp³-hybridized carbons (Fsp3) is 0.387. The molecule has 1 amide bonds. The van der Waals surface area contributed by atoms with Crippen molar-refractivity contribution in [3.63, 3.8) is 0 Å². The van der Waals surface area contributed by atoms with Crippen LogP contribution in [0.3, 0.4) is 0 Å². The number of nitrogens with one attached hydrogen (secondary N) is 1. The monoisotopic (exact) mass is 678 g/mol. The SMILES string of the molecule is C=CCOC(=O)O[C@@H]1[C@@H](OC(=O)OCC=C)[C@H](Oc2ccc(CO)cc2NC(=O)CCN)O[C@H](C(=O)OCC=C)[C@H]1OC(=O)OCC=C. The second-order valence-electron chi connectivity index (χ2n) is 9.33. The number of benzene rings is 1. The van der Waals surface area contributed by atoms with Crippen molar-refractivity contribution in [3.05, 3.63) is 74.4 Å². The maximum absolute atomic E-state index is 13.3. The predicted octanol–water partition coefficient (Wildman–Crippen LogP) is 2.42. The quantitative estimate of drug-likeness (QED) is 0.115. The van der Waals surface area contributed by atoms with Crippen LogP contribution in [0.5, 0.6) is 5.75 Å². The second kappa shape index (κ2) is 20.7. The minimum Gasteiger partial charge on any atom is -0.459 e. The van der Waals surface area contributed by atoms with Gasteiger partial charge in [0.25, 0.3) is 0 Å². The topological polar surface area (TPSA) is 227 Å². The lowest BCUT2D eigenvalue weighted by molar-refractivity contribution is -0.276. The summed E-state index contributed by atoms with van der Waals surface area (Å²) in [5, 5.41) is 12.2. The lowest BCUT2D eigenvalue weighted by Crippen LogP contribution is -2.64. The van der Waals surface area contributed by atoms with E-state index in [-0.39, 0.29) is 50.8 Å². The van der Waals surface area contributed by atoms with Crippen molar-refractivity contribution in [1.29, 1.82) is 0 Å². The number of carbonyl (C=O) groups excluding carboxylic acids is 5. The average Bonchev–Trinajstić information content (AvgIpc) is 3.07. The van der Waals surface area contributed by atoms with Crippen LogP contribution in [-0.2, 0) is 54.1 Å². The molecule has 17 nitrogen and oxygen atoms in total. The van der Waals surface area contributed by atoms with Crippen LogP contribution in [0.15, 0.2) is 68.8 Å². The fourth-order valence-electron chi connectivity index (χ4n) is 3.87. The molecule has 4 N–H and O–H groups in total. The normalized spacial score (nSPS) is 19.7. The zero-order valence-corrected chi connectivity index (χ0v) is 25.9. The molecule has 48 heavy (non-hydrogen) atoms. The van der Waals surface area contributed by atoms with E-state index in [2.05, 4.69) is 31.6 Å². The van der Waals surface area contributed by atoms with E-state index < -0.39 is 67.7 Å². The minimum atomic E-state index is -1.93. The van der Waals surface area contributed by atoms with Crippen LogP contribution in [0.4, 0.5) is 20.1 Å². The fourth-order valence-corrected chi connectivity index (χ4v) is 3.87. The van der Waals surface area contributed by atoms with Crippen molar-refractivity contribution in [2.45, 2.75) is 43.7 Å². The standard InChI is InChI=1S/C31H38N2O15/c1-5-13-40-27(36)25-23(46-29(37)41-14-6-2)24(47-30(38)42-15-7-3)26(48-31(39)43-16-8-4)28(45-25)44-21-10-9-19(18-34)17-20(21)33-22(35)11-12-32/h5-10,17,23-26,28,34H,1-4,11-16,18,32H2,(H,33,35)/t23-,24-,25-,26+,28+/m0/s1. The molecule has 0 bridgehead atoms. The van der Waals surface area contributed by atoms with E-state index >= 15 is 0 Å². The predicted molar refractivity (Wildman–Crippen MR) is 164 cm³/mol. The van der Waals surface area contributed by atoms with Crippen molar-refractivity contribution in [1.82, 2.24) is 0 Å².